The van der Waals surface area contributed by atoms with E-state index in [0.29, 0.717) is 19.5 Å². The highest BCUT2D eigenvalue weighted by Gasteiger charge is 2.32. The van der Waals surface area contributed by atoms with E-state index in [1.807, 2.05) is 0 Å². The van der Waals surface area contributed by atoms with E-state index in [1.54, 1.807) is 7.05 Å². The van der Waals surface area contributed by atoms with Crippen molar-refractivity contribution in [2.45, 2.75) is 12.6 Å². The molecule has 0 saturated heterocycles. The Morgan fingerprint density at radius 2 is 2.09 bits per heavy atom. The molecule has 4 nitrogen and oxygen atoms in total. The Labute approximate surface area is 127 Å². The molecule has 0 atom stereocenters. The lowest BCUT2D eigenvalue weighted by Crippen LogP contribution is -2.27. The number of hydrogen-bond donors (Lipinski definition) is 2. The van der Waals surface area contributed by atoms with Crippen molar-refractivity contribution in [3.8, 4) is 5.75 Å². The first-order chi connectivity index (χ1) is 10.4. The molecule has 1 aromatic rings. The number of alkyl halides is 3. The van der Waals surface area contributed by atoms with Gasteiger partial charge >= 0.3 is 6.18 Å². The van der Waals surface area contributed by atoms with Crippen LogP contribution in [-0.4, -0.2) is 32.7 Å². The summed E-state index contributed by atoms with van der Waals surface area (Å²) in [7, 11) is 1.77. The minimum Gasteiger partial charge on any atom is -0.489 e. The molecule has 0 fully saturated rings. The number of carbonyl (C=O) groups excluding carboxylic acids is 1. The Bertz CT molecular complexity index is 516. The highest BCUT2D eigenvalue weighted by molar-refractivity contribution is 5.97. The summed E-state index contributed by atoms with van der Waals surface area (Å²) < 4.78 is 43.6. The number of rotatable bonds is 8. The van der Waals surface area contributed by atoms with Gasteiger partial charge in [0.05, 0.1) is 11.1 Å². The highest BCUT2D eigenvalue weighted by Crippen LogP contribution is 2.32. The molecule has 0 aliphatic heterocycles. The molecular weight excluding hydrogens is 297 g/mol. The van der Waals surface area contributed by atoms with Crippen molar-refractivity contribution in [1.82, 2.24) is 10.6 Å². The summed E-state index contributed by atoms with van der Waals surface area (Å²) in [5.41, 5.74) is -1.03. The van der Waals surface area contributed by atoms with Crippen LogP contribution < -0.4 is 15.4 Å². The minimum absolute atomic E-state index is 0.0963. The van der Waals surface area contributed by atoms with Crippen LogP contribution in [-0.2, 0) is 6.18 Å². The van der Waals surface area contributed by atoms with E-state index >= 15 is 0 Å². The van der Waals surface area contributed by atoms with Crippen LogP contribution in [0.5, 0.6) is 5.75 Å². The number of ether oxygens (including phenoxy) is 1. The summed E-state index contributed by atoms with van der Waals surface area (Å²) in [5, 5.41) is 5.49. The quantitative estimate of drug-likeness (QED) is 0.572. The van der Waals surface area contributed by atoms with E-state index in [2.05, 4.69) is 17.2 Å². The molecule has 1 aromatic carbocycles. The van der Waals surface area contributed by atoms with Gasteiger partial charge in [0, 0.05) is 6.54 Å². The molecule has 0 bridgehead atoms. The number of amides is 1. The maximum absolute atomic E-state index is 12.8. The van der Waals surface area contributed by atoms with Crippen LogP contribution in [0, 0.1) is 0 Å². The zero-order chi connectivity index (χ0) is 16.6. The first kappa shape index (κ1) is 18.0. The second kappa shape index (κ2) is 8.43. The van der Waals surface area contributed by atoms with Gasteiger partial charge in [-0.3, -0.25) is 4.79 Å². The van der Waals surface area contributed by atoms with Gasteiger partial charge < -0.3 is 15.4 Å². The fourth-order valence-electron chi connectivity index (χ4n) is 1.72. The Kier molecular flexibility index (Phi) is 6.91. The monoisotopic (exact) mass is 316 g/mol. The maximum Gasteiger partial charge on any atom is 0.416 e. The SMILES string of the molecule is C=CCOc1ccc(C(F)(F)F)cc1C(=O)NCCCNC. The van der Waals surface area contributed by atoms with Crippen molar-refractivity contribution in [3.05, 3.63) is 42.0 Å². The minimum atomic E-state index is -4.52. The molecule has 0 aliphatic carbocycles. The van der Waals surface area contributed by atoms with Gasteiger partial charge in [0.25, 0.3) is 5.91 Å². The van der Waals surface area contributed by atoms with E-state index < -0.39 is 17.6 Å². The second-order valence-corrected chi connectivity index (χ2v) is 4.52. The van der Waals surface area contributed by atoms with Crippen molar-refractivity contribution < 1.29 is 22.7 Å². The van der Waals surface area contributed by atoms with Crippen LogP contribution in [0.15, 0.2) is 30.9 Å². The molecule has 0 spiro atoms. The first-order valence-electron chi connectivity index (χ1n) is 6.78. The Morgan fingerprint density at radius 1 is 1.36 bits per heavy atom. The summed E-state index contributed by atoms with van der Waals surface area (Å²) in [6, 6.07) is 2.83. The molecular formula is C15H19F3N2O2. The van der Waals surface area contributed by atoms with Crippen LogP contribution in [0.1, 0.15) is 22.3 Å². The van der Waals surface area contributed by atoms with Crippen LogP contribution in [0.3, 0.4) is 0 Å². The second-order valence-electron chi connectivity index (χ2n) is 4.52. The van der Waals surface area contributed by atoms with E-state index in [9.17, 15) is 18.0 Å². The highest BCUT2D eigenvalue weighted by atomic mass is 19.4. The molecule has 0 radical (unpaired) electrons. The number of nitrogens with one attached hydrogen (secondary N) is 2. The van der Waals surface area contributed by atoms with Crippen LogP contribution in [0.25, 0.3) is 0 Å². The standard InChI is InChI=1S/C15H19F3N2O2/c1-3-9-22-13-6-5-11(15(16,17)18)10-12(13)14(21)20-8-4-7-19-2/h3,5-6,10,19H,1,4,7-9H2,2H3,(H,20,21). The van der Waals surface area contributed by atoms with E-state index in [-0.39, 0.29) is 17.9 Å². The third-order valence-electron chi connectivity index (χ3n) is 2.80. The number of halogens is 3. The summed E-state index contributed by atoms with van der Waals surface area (Å²) >= 11 is 0. The van der Waals surface area contributed by atoms with Gasteiger partial charge in [-0.15, -0.1) is 0 Å². The lowest BCUT2D eigenvalue weighted by atomic mass is 10.1. The maximum atomic E-state index is 12.8. The van der Waals surface area contributed by atoms with Crippen molar-refractivity contribution in [2.24, 2.45) is 0 Å². The Balaban J connectivity index is 2.94. The predicted octanol–water partition coefficient (Wildman–Crippen LogP) is 2.61. The van der Waals surface area contributed by atoms with Gasteiger partial charge in [-0.25, -0.2) is 0 Å². The molecule has 22 heavy (non-hydrogen) atoms. The average molecular weight is 316 g/mol. The topological polar surface area (TPSA) is 50.4 Å². The normalized spacial score (nSPS) is 11.1. The van der Waals surface area contributed by atoms with Gasteiger partial charge in [-0.05, 0) is 38.2 Å². The Morgan fingerprint density at radius 3 is 2.68 bits per heavy atom. The Hall–Kier alpha value is -2.02. The number of carbonyl (C=O) groups is 1. The van der Waals surface area contributed by atoms with Gasteiger partial charge in [0.15, 0.2) is 0 Å². The molecule has 1 rings (SSSR count). The van der Waals surface area contributed by atoms with Gasteiger partial charge in [0.2, 0.25) is 0 Å². The van der Waals surface area contributed by atoms with Crippen LogP contribution in [0.4, 0.5) is 13.2 Å². The van der Waals surface area contributed by atoms with Crippen molar-refractivity contribution >= 4 is 5.91 Å². The van der Waals surface area contributed by atoms with E-state index in [1.165, 1.54) is 6.08 Å². The fraction of sp³-hybridized carbons (Fsp3) is 0.400. The van der Waals surface area contributed by atoms with E-state index in [4.69, 9.17) is 4.74 Å². The van der Waals surface area contributed by atoms with Crippen molar-refractivity contribution in [2.75, 3.05) is 26.7 Å². The predicted molar refractivity (Wildman–Crippen MR) is 78.0 cm³/mol. The van der Waals surface area contributed by atoms with Crippen molar-refractivity contribution in [1.29, 1.82) is 0 Å². The molecule has 0 aromatic heterocycles. The van der Waals surface area contributed by atoms with Crippen LogP contribution >= 0.6 is 0 Å². The summed E-state index contributed by atoms with van der Waals surface area (Å²) in [5.74, 6) is -0.500. The fourth-order valence-corrected chi connectivity index (χ4v) is 1.72. The largest absolute Gasteiger partial charge is 0.489 e. The molecule has 0 unspecified atom stereocenters. The zero-order valence-corrected chi connectivity index (χ0v) is 12.3. The van der Waals surface area contributed by atoms with Crippen LogP contribution in [0.2, 0.25) is 0 Å². The summed E-state index contributed by atoms with van der Waals surface area (Å²) in [6.07, 6.45) is -2.39. The average Bonchev–Trinajstić information content (AvgIpc) is 2.48. The number of hydrogen-bond acceptors (Lipinski definition) is 3. The molecule has 2 N–H and O–H groups in total. The van der Waals surface area contributed by atoms with Gasteiger partial charge in [0.1, 0.15) is 12.4 Å². The summed E-state index contributed by atoms with van der Waals surface area (Å²) in [6.45, 7) is 4.62. The molecule has 122 valence electrons. The summed E-state index contributed by atoms with van der Waals surface area (Å²) in [4.78, 5) is 12.1. The molecule has 0 heterocycles. The van der Waals surface area contributed by atoms with Crippen molar-refractivity contribution in [3.63, 3.8) is 0 Å². The van der Waals surface area contributed by atoms with Gasteiger partial charge in [-0.1, -0.05) is 12.7 Å². The molecule has 7 heteroatoms. The lowest BCUT2D eigenvalue weighted by molar-refractivity contribution is -0.137. The third-order valence-corrected chi connectivity index (χ3v) is 2.80. The molecule has 0 aliphatic rings. The zero-order valence-electron chi connectivity index (χ0n) is 12.3. The lowest BCUT2D eigenvalue weighted by Gasteiger charge is -2.14. The molecule has 0 saturated carbocycles. The number of benzene rings is 1. The van der Waals surface area contributed by atoms with E-state index in [0.717, 1.165) is 18.2 Å². The molecule has 1 amide bonds. The first-order valence-corrected chi connectivity index (χ1v) is 6.78. The van der Waals surface area contributed by atoms with Gasteiger partial charge in [-0.2, -0.15) is 13.2 Å². The third kappa shape index (κ3) is 5.40. The smallest absolute Gasteiger partial charge is 0.416 e.